The molecule has 0 aliphatic rings. The molecule has 0 aliphatic carbocycles. The van der Waals surface area contributed by atoms with Gasteiger partial charge in [0, 0.05) is 11.3 Å². The Balaban J connectivity index is 3.20. The first-order valence-electron chi connectivity index (χ1n) is 3.75. The highest BCUT2D eigenvalue weighted by Crippen LogP contribution is 2.16. The van der Waals surface area contributed by atoms with Gasteiger partial charge in [-0.05, 0) is 24.6 Å². The van der Waals surface area contributed by atoms with E-state index < -0.39 is 0 Å². The maximum absolute atomic E-state index is 12.9. The highest BCUT2D eigenvalue weighted by molar-refractivity contribution is 9.09. The molecule has 0 fully saturated rings. The second kappa shape index (κ2) is 4.29. The van der Waals surface area contributed by atoms with Crippen LogP contribution in [0.4, 0.5) is 10.1 Å². The van der Waals surface area contributed by atoms with Crippen LogP contribution < -0.4 is 5.73 Å². The van der Waals surface area contributed by atoms with Crippen molar-refractivity contribution in [2.45, 2.75) is 6.92 Å². The number of benzene rings is 1. The van der Waals surface area contributed by atoms with Crippen molar-refractivity contribution in [2.75, 3.05) is 11.1 Å². The Labute approximate surface area is 85.3 Å². The zero-order chi connectivity index (χ0) is 9.84. The van der Waals surface area contributed by atoms with Gasteiger partial charge in [-0.25, -0.2) is 4.39 Å². The first-order valence-corrected chi connectivity index (χ1v) is 4.87. The van der Waals surface area contributed by atoms with E-state index in [0.29, 0.717) is 16.6 Å². The van der Waals surface area contributed by atoms with Crippen molar-refractivity contribution in [1.29, 1.82) is 0 Å². The Bertz CT molecular complexity index is 376. The zero-order valence-corrected chi connectivity index (χ0v) is 8.78. The van der Waals surface area contributed by atoms with Gasteiger partial charge in [0.15, 0.2) is 0 Å². The molecule has 0 saturated carbocycles. The number of hydrogen-bond donors (Lipinski definition) is 1. The fourth-order valence-corrected chi connectivity index (χ4v) is 1.10. The Hall–Kier alpha value is -1.01. The fraction of sp³-hybridized carbons (Fsp3) is 0.200. The summed E-state index contributed by atoms with van der Waals surface area (Å²) in [7, 11) is 0. The molecule has 3 heteroatoms. The number of nitrogen functional groups attached to an aromatic ring is 1. The maximum Gasteiger partial charge on any atom is 0.126 e. The summed E-state index contributed by atoms with van der Waals surface area (Å²) in [5.74, 6) is 5.29. The molecule has 0 saturated heterocycles. The van der Waals surface area contributed by atoms with Gasteiger partial charge in [0.05, 0.1) is 5.33 Å². The molecule has 0 bridgehead atoms. The van der Waals surface area contributed by atoms with Gasteiger partial charge in [-0.1, -0.05) is 27.8 Å². The molecule has 1 nitrogen and oxygen atoms in total. The highest BCUT2D eigenvalue weighted by Gasteiger charge is 2.01. The van der Waals surface area contributed by atoms with E-state index in [1.54, 1.807) is 0 Å². The average Bonchev–Trinajstić information content (AvgIpc) is 2.09. The van der Waals surface area contributed by atoms with Gasteiger partial charge in [-0.3, -0.25) is 0 Å². The maximum atomic E-state index is 12.9. The smallest absolute Gasteiger partial charge is 0.126 e. The van der Waals surface area contributed by atoms with E-state index in [1.165, 1.54) is 12.1 Å². The van der Waals surface area contributed by atoms with Crippen LogP contribution in [0.3, 0.4) is 0 Å². The van der Waals surface area contributed by atoms with Crippen molar-refractivity contribution >= 4 is 21.6 Å². The number of hydrogen-bond acceptors (Lipinski definition) is 1. The van der Waals surface area contributed by atoms with Crippen LogP contribution in [0.5, 0.6) is 0 Å². The summed E-state index contributed by atoms with van der Waals surface area (Å²) in [5.41, 5.74) is 7.50. The zero-order valence-electron chi connectivity index (χ0n) is 7.20. The van der Waals surface area contributed by atoms with Crippen LogP contribution in [-0.2, 0) is 0 Å². The molecule has 0 spiro atoms. The lowest BCUT2D eigenvalue weighted by atomic mass is 10.1. The molecule has 0 aromatic heterocycles. The van der Waals surface area contributed by atoms with E-state index in [4.69, 9.17) is 5.73 Å². The Kier molecular flexibility index (Phi) is 3.32. The van der Waals surface area contributed by atoms with Crippen molar-refractivity contribution in [2.24, 2.45) is 0 Å². The lowest BCUT2D eigenvalue weighted by Crippen LogP contribution is -1.94. The second-order valence-electron chi connectivity index (χ2n) is 2.60. The van der Waals surface area contributed by atoms with E-state index in [0.717, 1.165) is 5.56 Å². The lowest BCUT2D eigenvalue weighted by molar-refractivity contribution is 0.627. The number of alkyl halides is 1. The summed E-state index contributed by atoms with van der Waals surface area (Å²) in [6, 6.07) is 2.69. The standard InChI is InChI=1S/C10H9BrFN/c1-7-8(3-2-4-11)5-9(12)6-10(7)13/h5-6H,4,13H2,1H3. The number of halogens is 2. The number of nitrogens with two attached hydrogens (primary N) is 1. The predicted molar refractivity (Wildman–Crippen MR) is 56.2 cm³/mol. The molecular weight excluding hydrogens is 233 g/mol. The summed E-state index contributed by atoms with van der Waals surface area (Å²) in [6.07, 6.45) is 0. The van der Waals surface area contributed by atoms with Crippen molar-refractivity contribution < 1.29 is 4.39 Å². The lowest BCUT2D eigenvalue weighted by Gasteiger charge is -2.02. The minimum Gasteiger partial charge on any atom is -0.398 e. The van der Waals surface area contributed by atoms with E-state index >= 15 is 0 Å². The topological polar surface area (TPSA) is 26.0 Å². The number of rotatable bonds is 0. The third-order valence-electron chi connectivity index (χ3n) is 1.70. The van der Waals surface area contributed by atoms with Gasteiger partial charge in [-0.2, -0.15) is 0 Å². The molecule has 1 aromatic carbocycles. The van der Waals surface area contributed by atoms with Gasteiger partial charge in [0.2, 0.25) is 0 Å². The van der Waals surface area contributed by atoms with Crippen LogP contribution in [-0.4, -0.2) is 5.33 Å². The van der Waals surface area contributed by atoms with Crippen LogP contribution in [0.25, 0.3) is 0 Å². The minimum absolute atomic E-state index is 0.345. The SMILES string of the molecule is Cc1c(N)cc(F)cc1C#CCBr. The van der Waals surface area contributed by atoms with Crippen molar-refractivity contribution in [3.05, 3.63) is 29.1 Å². The number of anilines is 1. The minimum atomic E-state index is -0.345. The molecule has 0 amide bonds. The first-order chi connectivity index (χ1) is 6.15. The van der Waals surface area contributed by atoms with Crippen LogP contribution in [0.1, 0.15) is 11.1 Å². The Morgan fingerprint density at radius 1 is 1.54 bits per heavy atom. The van der Waals surface area contributed by atoms with E-state index in [9.17, 15) is 4.39 Å². The van der Waals surface area contributed by atoms with Crippen LogP contribution in [0.15, 0.2) is 12.1 Å². The molecule has 2 N–H and O–H groups in total. The third kappa shape index (κ3) is 2.46. The normalized spacial score (nSPS) is 9.15. The van der Waals surface area contributed by atoms with Gasteiger partial charge in [0.1, 0.15) is 5.82 Å². The van der Waals surface area contributed by atoms with Gasteiger partial charge >= 0.3 is 0 Å². The first kappa shape index (κ1) is 10.1. The average molecular weight is 242 g/mol. The van der Waals surface area contributed by atoms with Gasteiger partial charge < -0.3 is 5.73 Å². The summed E-state index contributed by atoms with van der Waals surface area (Å²) in [6.45, 7) is 1.83. The van der Waals surface area contributed by atoms with Crippen molar-refractivity contribution in [3.63, 3.8) is 0 Å². The third-order valence-corrected chi connectivity index (χ3v) is 1.98. The summed E-state index contributed by atoms with van der Waals surface area (Å²) < 4.78 is 12.9. The molecule has 0 heterocycles. The summed E-state index contributed by atoms with van der Waals surface area (Å²) >= 11 is 3.17. The van der Waals surface area contributed by atoms with Gasteiger partial charge in [-0.15, -0.1) is 0 Å². The van der Waals surface area contributed by atoms with Crippen LogP contribution >= 0.6 is 15.9 Å². The quantitative estimate of drug-likeness (QED) is 0.422. The molecule has 0 radical (unpaired) electrons. The van der Waals surface area contributed by atoms with E-state index in [-0.39, 0.29) is 5.82 Å². The molecule has 1 rings (SSSR count). The highest BCUT2D eigenvalue weighted by atomic mass is 79.9. The molecular formula is C10H9BrFN. The fourth-order valence-electron chi connectivity index (χ4n) is 0.959. The van der Waals surface area contributed by atoms with Crippen LogP contribution in [0, 0.1) is 24.6 Å². The molecule has 0 unspecified atom stereocenters. The molecule has 1 aromatic rings. The summed E-state index contributed by atoms with van der Waals surface area (Å²) in [5, 5.41) is 0.572. The Morgan fingerprint density at radius 2 is 2.23 bits per heavy atom. The molecule has 0 atom stereocenters. The summed E-state index contributed by atoms with van der Waals surface area (Å²) in [4.78, 5) is 0. The van der Waals surface area contributed by atoms with E-state index in [1.807, 2.05) is 6.92 Å². The van der Waals surface area contributed by atoms with Crippen molar-refractivity contribution in [3.8, 4) is 11.8 Å². The monoisotopic (exact) mass is 241 g/mol. The Morgan fingerprint density at radius 3 is 2.85 bits per heavy atom. The van der Waals surface area contributed by atoms with E-state index in [2.05, 4.69) is 27.8 Å². The molecule has 68 valence electrons. The molecule has 13 heavy (non-hydrogen) atoms. The predicted octanol–water partition coefficient (Wildman–Crippen LogP) is 2.46. The van der Waals surface area contributed by atoms with Crippen molar-refractivity contribution in [1.82, 2.24) is 0 Å². The largest absolute Gasteiger partial charge is 0.398 e. The second-order valence-corrected chi connectivity index (χ2v) is 3.16. The van der Waals surface area contributed by atoms with Gasteiger partial charge in [0.25, 0.3) is 0 Å². The molecule has 0 aliphatic heterocycles. The van der Waals surface area contributed by atoms with Crippen LogP contribution in [0.2, 0.25) is 0 Å².